The highest BCUT2D eigenvalue weighted by atomic mass is 16.6. The van der Waals surface area contributed by atoms with Crippen LogP contribution in [0.3, 0.4) is 0 Å². The fourth-order valence-corrected chi connectivity index (χ4v) is 2.97. The van der Waals surface area contributed by atoms with E-state index in [9.17, 15) is 9.90 Å². The van der Waals surface area contributed by atoms with Crippen molar-refractivity contribution in [3.8, 4) is 0 Å². The molecule has 3 heteroatoms. The number of esters is 1. The van der Waals surface area contributed by atoms with Crippen LogP contribution < -0.4 is 0 Å². The summed E-state index contributed by atoms with van der Waals surface area (Å²) in [6.07, 6.45) is 6.78. The normalized spacial score (nSPS) is 36.1. The van der Waals surface area contributed by atoms with Gasteiger partial charge in [0, 0.05) is 5.57 Å². The molecule has 2 aliphatic rings. The lowest BCUT2D eigenvalue weighted by molar-refractivity contribution is -0.151. The fraction of sp³-hybridized carbons (Fsp3) is 0.667. The van der Waals surface area contributed by atoms with Crippen LogP contribution in [-0.2, 0) is 9.53 Å². The van der Waals surface area contributed by atoms with Crippen LogP contribution in [0.25, 0.3) is 0 Å². The predicted octanol–water partition coefficient (Wildman–Crippen LogP) is 2.95. The monoisotopic (exact) mass is 250 g/mol. The third-order valence-corrected chi connectivity index (χ3v) is 4.79. The zero-order chi connectivity index (χ0) is 13.3. The molecular formula is C15H22O3. The summed E-state index contributed by atoms with van der Waals surface area (Å²) < 4.78 is 4.71. The molecule has 18 heavy (non-hydrogen) atoms. The maximum absolute atomic E-state index is 11.5. The molecule has 1 N–H and O–H groups in total. The molecule has 100 valence electrons. The molecule has 0 saturated carbocycles. The summed E-state index contributed by atoms with van der Waals surface area (Å²) in [6, 6.07) is 0. The predicted molar refractivity (Wildman–Crippen MR) is 69.7 cm³/mol. The van der Waals surface area contributed by atoms with Crippen molar-refractivity contribution in [2.24, 2.45) is 11.3 Å². The van der Waals surface area contributed by atoms with Crippen molar-refractivity contribution in [3.63, 3.8) is 0 Å². The second-order valence-corrected chi connectivity index (χ2v) is 5.77. The molecule has 0 aromatic rings. The number of aliphatic hydroxyl groups is 1. The lowest BCUT2D eigenvalue weighted by atomic mass is 9.65. The fourth-order valence-electron chi connectivity index (χ4n) is 2.97. The van der Waals surface area contributed by atoms with Gasteiger partial charge in [-0.25, -0.2) is 4.79 Å². The average molecular weight is 250 g/mol. The van der Waals surface area contributed by atoms with Crippen LogP contribution in [0.2, 0.25) is 0 Å². The molecule has 0 fully saturated rings. The molecule has 0 bridgehead atoms. The van der Waals surface area contributed by atoms with E-state index < -0.39 is 6.29 Å². The van der Waals surface area contributed by atoms with Gasteiger partial charge in [-0.3, -0.25) is 0 Å². The van der Waals surface area contributed by atoms with Crippen LogP contribution in [-0.4, -0.2) is 17.4 Å². The molecule has 0 spiro atoms. The van der Waals surface area contributed by atoms with Gasteiger partial charge in [0.2, 0.25) is 6.29 Å². The second kappa shape index (κ2) is 4.88. The zero-order valence-corrected chi connectivity index (χ0v) is 11.4. The summed E-state index contributed by atoms with van der Waals surface area (Å²) in [5.41, 5.74) is 2.20. The minimum Gasteiger partial charge on any atom is -0.429 e. The Labute approximate surface area is 109 Å². The third kappa shape index (κ3) is 2.37. The maximum Gasteiger partial charge on any atom is 0.336 e. The molecule has 3 nitrogen and oxygen atoms in total. The summed E-state index contributed by atoms with van der Waals surface area (Å²) in [5.74, 6) is 0.265. The Balaban J connectivity index is 2.05. The van der Waals surface area contributed by atoms with Crippen molar-refractivity contribution in [1.29, 1.82) is 0 Å². The highest BCUT2D eigenvalue weighted by Gasteiger charge is 2.35. The Kier molecular flexibility index (Phi) is 3.62. The number of allylic oxidation sites excluding steroid dienone is 2. The van der Waals surface area contributed by atoms with E-state index in [1.807, 2.05) is 0 Å². The van der Waals surface area contributed by atoms with Gasteiger partial charge in [0.25, 0.3) is 0 Å². The van der Waals surface area contributed by atoms with Crippen LogP contribution in [0.15, 0.2) is 23.3 Å². The summed E-state index contributed by atoms with van der Waals surface area (Å²) >= 11 is 0. The Bertz CT molecular complexity index is 408. The van der Waals surface area contributed by atoms with Crippen LogP contribution in [0.4, 0.5) is 0 Å². The van der Waals surface area contributed by atoms with Gasteiger partial charge >= 0.3 is 5.97 Å². The number of cyclic esters (lactones) is 1. The van der Waals surface area contributed by atoms with Crippen molar-refractivity contribution in [3.05, 3.63) is 23.3 Å². The summed E-state index contributed by atoms with van der Waals surface area (Å²) in [6.45, 7) is 6.75. The van der Waals surface area contributed by atoms with E-state index in [0.717, 1.165) is 12.8 Å². The van der Waals surface area contributed by atoms with E-state index in [0.29, 0.717) is 17.9 Å². The molecule has 1 aliphatic heterocycles. The molecule has 0 saturated heterocycles. The molecule has 3 atom stereocenters. The quantitative estimate of drug-likeness (QED) is 0.618. The molecule has 1 aliphatic carbocycles. The molecule has 0 aromatic carbocycles. The standard InChI is InChI=1S/C15H22O3/c1-10-5-4-6-11(2)15(10,3)8-7-12-9-13(16)18-14(12)17/h5,9,11,13,16H,4,6-8H2,1-3H3/t11-,13-,15-/m1/s1. The minimum atomic E-state index is -1.04. The number of carbonyl (C=O) groups excluding carboxylic acids is 1. The van der Waals surface area contributed by atoms with Crippen molar-refractivity contribution < 1.29 is 14.6 Å². The molecule has 0 aromatic heterocycles. The van der Waals surface area contributed by atoms with E-state index in [1.54, 1.807) is 0 Å². The highest BCUT2D eigenvalue weighted by Crippen LogP contribution is 2.45. The van der Waals surface area contributed by atoms with Crippen LogP contribution >= 0.6 is 0 Å². The number of carbonyl (C=O) groups is 1. The van der Waals surface area contributed by atoms with E-state index in [1.165, 1.54) is 18.1 Å². The molecule has 0 amide bonds. The Morgan fingerprint density at radius 1 is 1.56 bits per heavy atom. The Morgan fingerprint density at radius 2 is 2.28 bits per heavy atom. The van der Waals surface area contributed by atoms with Gasteiger partial charge in [0.15, 0.2) is 0 Å². The van der Waals surface area contributed by atoms with Gasteiger partial charge < -0.3 is 9.84 Å². The lowest BCUT2D eigenvalue weighted by Crippen LogP contribution is -2.29. The van der Waals surface area contributed by atoms with E-state index in [-0.39, 0.29) is 11.4 Å². The third-order valence-electron chi connectivity index (χ3n) is 4.79. The SMILES string of the molecule is CC1=CCC[C@@H](C)[C@]1(C)CCC1=C[C@H](O)OC1=O. The van der Waals surface area contributed by atoms with Gasteiger partial charge in [-0.1, -0.05) is 25.5 Å². The van der Waals surface area contributed by atoms with Crippen LogP contribution in [0, 0.1) is 11.3 Å². The van der Waals surface area contributed by atoms with Gasteiger partial charge in [-0.15, -0.1) is 0 Å². The van der Waals surface area contributed by atoms with Crippen LogP contribution in [0.5, 0.6) is 0 Å². The van der Waals surface area contributed by atoms with Crippen molar-refractivity contribution >= 4 is 5.97 Å². The highest BCUT2D eigenvalue weighted by molar-refractivity contribution is 5.90. The number of ether oxygens (including phenoxy) is 1. The summed E-state index contributed by atoms with van der Waals surface area (Å²) in [5, 5.41) is 9.24. The molecule has 0 unspecified atom stereocenters. The largest absolute Gasteiger partial charge is 0.429 e. The average Bonchev–Trinajstić information content (AvgIpc) is 2.62. The number of hydrogen-bond acceptors (Lipinski definition) is 3. The number of aliphatic hydroxyl groups excluding tert-OH is 1. The van der Waals surface area contributed by atoms with E-state index in [2.05, 4.69) is 26.8 Å². The number of hydrogen-bond donors (Lipinski definition) is 1. The van der Waals surface area contributed by atoms with E-state index in [4.69, 9.17) is 4.74 Å². The first-order valence-electron chi connectivity index (χ1n) is 6.70. The van der Waals surface area contributed by atoms with Gasteiger partial charge in [0.05, 0.1) is 0 Å². The summed E-state index contributed by atoms with van der Waals surface area (Å²) in [4.78, 5) is 11.5. The van der Waals surface area contributed by atoms with E-state index >= 15 is 0 Å². The number of rotatable bonds is 3. The van der Waals surface area contributed by atoms with Gasteiger partial charge in [0.1, 0.15) is 0 Å². The first-order chi connectivity index (χ1) is 8.43. The zero-order valence-electron chi connectivity index (χ0n) is 11.4. The molecule has 1 heterocycles. The maximum atomic E-state index is 11.5. The van der Waals surface area contributed by atoms with Gasteiger partial charge in [-0.05, 0) is 50.0 Å². The van der Waals surface area contributed by atoms with Crippen LogP contribution in [0.1, 0.15) is 46.5 Å². The molecule has 0 radical (unpaired) electrons. The second-order valence-electron chi connectivity index (χ2n) is 5.77. The smallest absolute Gasteiger partial charge is 0.336 e. The summed E-state index contributed by atoms with van der Waals surface area (Å²) in [7, 11) is 0. The minimum absolute atomic E-state index is 0.160. The van der Waals surface area contributed by atoms with Crippen molar-refractivity contribution in [2.45, 2.75) is 52.7 Å². The van der Waals surface area contributed by atoms with Crippen molar-refractivity contribution in [1.82, 2.24) is 0 Å². The molecule has 2 rings (SSSR count). The molecular weight excluding hydrogens is 228 g/mol. The van der Waals surface area contributed by atoms with Gasteiger partial charge in [-0.2, -0.15) is 0 Å². The lowest BCUT2D eigenvalue weighted by Gasteiger charge is -2.40. The topological polar surface area (TPSA) is 46.5 Å². The first kappa shape index (κ1) is 13.3. The Morgan fingerprint density at radius 3 is 2.83 bits per heavy atom. The first-order valence-corrected chi connectivity index (χ1v) is 6.70. The Hall–Kier alpha value is -1.09. The van der Waals surface area contributed by atoms with Crippen molar-refractivity contribution in [2.75, 3.05) is 0 Å².